The smallest absolute Gasteiger partial charge is 0.306 e. The standard InChI is InChI=1S/C18H17Cl2N5O2S2/c1-18(2)15(24(17(28)29-18)22-10-11-4-3-7-21-9-11)25(27)16(26)23-12-5-6-13(19)14(20)8-12/h3-10,15,27H,1-2H3,(H,23,26)/b22-10-/t15-/m1/s1. The molecule has 1 aromatic carbocycles. The number of benzene rings is 1. The van der Waals surface area contributed by atoms with Crippen molar-refractivity contribution in [1.82, 2.24) is 15.1 Å². The Morgan fingerprint density at radius 2 is 2.17 bits per heavy atom. The summed E-state index contributed by atoms with van der Waals surface area (Å²) in [6.45, 7) is 3.73. The average molecular weight is 470 g/mol. The molecule has 0 bridgehead atoms. The Labute approximate surface area is 187 Å². The van der Waals surface area contributed by atoms with Crippen LogP contribution >= 0.6 is 47.2 Å². The van der Waals surface area contributed by atoms with Crippen LogP contribution in [0.5, 0.6) is 0 Å². The molecule has 1 fully saturated rings. The molecule has 0 radical (unpaired) electrons. The maximum absolute atomic E-state index is 12.7. The monoisotopic (exact) mass is 469 g/mol. The van der Waals surface area contributed by atoms with Gasteiger partial charge in [0.15, 0.2) is 10.5 Å². The van der Waals surface area contributed by atoms with Gasteiger partial charge in [-0.05, 0) is 38.1 Å². The van der Waals surface area contributed by atoms with E-state index in [2.05, 4.69) is 15.4 Å². The van der Waals surface area contributed by atoms with Crippen LogP contribution < -0.4 is 5.32 Å². The highest BCUT2D eigenvalue weighted by molar-refractivity contribution is 8.24. The molecular weight excluding hydrogens is 453 g/mol. The molecule has 1 aromatic heterocycles. The molecule has 1 saturated heterocycles. The maximum Gasteiger partial charge on any atom is 0.347 e. The van der Waals surface area contributed by atoms with Gasteiger partial charge in [0.1, 0.15) is 0 Å². The van der Waals surface area contributed by atoms with Gasteiger partial charge in [-0.2, -0.15) is 10.2 Å². The first kappa shape index (κ1) is 21.8. The minimum atomic E-state index is -0.837. The van der Waals surface area contributed by atoms with Crippen molar-refractivity contribution in [3.8, 4) is 0 Å². The first-order valence-corrected chi connectivity index (χ1v) is 10.4. The van der Waals surface area contributed by atoms with Crippen molar-refractivity contribution in [2.24, 2.45) is 5.10 Å². The van der Waals surface area contributed by atoms with E-state index in [9.17, 15) is 10.0 Å². The van der Waals surface area contributed by atoms with Crippen molar-refractivity contribution < 1.29 is 10.0 Å². The second-order valence-corrected chi connectivity index (χ2v) is 9.73. The van der Waals surface area contributed by atoms with Crippen LogP contribution in [0.3, 0.4) is 0 Å². The number of anilines is 1. The number of nitrogens with zero attached hydrogens (tertiary/aromatic N) is 4. The number of hydrazone groups is 1. The number of carbonyl (C=O) groups is 1. The summed E-state index contributed by atoms with van der Waals surface area (Å²) < 4.78 is -0.186. The molecule has 0 saturated carbocycles. The second kappa shape index (κ2) is 8.85. The molecule has 1 atom stereocenters. The van der Waals surface area contributed by atoms with Gasteiger partial charge in [0.2, 0.25) is 0 Å². The summed E-state index contributed by atoms with van der Waals surface area (Å²) in [6.07, 6.45) is 4.03. The van der Waals surface area contributed by atoms with E-state index in [-0.39, 0.29) is 5.02 Å². The third-order valence-corrected chi connectivity index (χ3v) is 6.29. The van der Waals surface area contributed by atoms with Gasteiger partial charge in [0.05, 0.1) is 21.0 Å². The van der Waals surface area contributed by atoms with E-state index in [4.69, 9.17) is 35.4 Å². The molecule has 1 aliphatic rings. The molecule has 0 unspecified atom stereocenters. The average Bonchev–Trinajstić information content (AvgIpc) is 2.90. The number of hydrogen-bond acceptors (Lipinski definition) is 6. The van der Waals surface area contributed by atoms with Gasteiger partial charge in [-0.1, -0.05) is 53.2 Å². The normalized spacial score (nSPS) is 18.3. The van der Waals surface area contributed by atoms with Gasteiger partial charge in [0, 0.05) is 23.6 Å². The summed E-state index contributed by atoms with van der Waals surface area (Å²) in [5, 5.41) is 20.3. The van der Waals surface area contributed by atoms with Gasteiger partial charge in [-0.3, -0.25) is 10.2 Å². The highest BCUT2D eigenvalue weighted by Gasteiger charge is 2.50. The number of nitrogens with one attached hydrogen (secondary N) is 1. The Kier molecular flexibility index (Phi) is 6.65. The third kappa shape index (κ3) is 4.99. The number of carbonyl (C=O) groups excluding carboxylic acids is 1. The lowest BCUT2D eigenvalue weighted by Gasteiger charge is -2.34. The van der Waals surface area contributed by atoms with E-state index in [0.717, 1.165) is 5.56 Å². The van der Waals surface area contributed by atoms with Crippen molar-refractivity contribution >= 4 is 69.4 Å². The molecule has 11 heteroatoms. The van der Waals surface area contributed by atoms with Gasteiger partial charge in [-0.15, -0.1) is 0 Å². The van der Waals surface area contributed by atoms with E-state index < -0.39 is 16.9 Å². The number of aromatic nitrogens is 1. The summed E-state index contributed by atoms with van der Waals surface area (Å²) in [5.74, 6) is 0. The van der Waals surface area contributed by atoms with Crippen LogP contribution in [-0.4, -0.2) is 47.7 Å². The van der Waals surface area contributed by atoms with Gasteiger partial charge in [-0.25, -0.2) is 9.80 Å². The predicted molar refractivity (Wildman–Crippen MR) is 121 cm³/mol. The molecule has 3 rings (SSSR count). The molecule has 7 nitrogen and oxygen atoms in total. The van der Waals surface area contributed by atoms with Crippen LogP contribution in [0.4, 0.5) is 10.5 Å². The number of hydroxylamine groups is 2. The lowest BCUT2D eigenvalue weighted by Crippen LogP contribution is -2.54. The topological polar surface area (TPSA) is 81.1 Å². The number of amides is 2. The van der Waals surface area contributed by atoms with Crippen LogP contribution in [0.25, 0.3) is 0 Å². The molecule has 2 aromatic rings. The number of urea groups is 1. The molecule has 0 aliphatic carbocycles. The fourth-order valence-corrected chi connectivity index (χ4v) is 4.76. The number of thioether (sulfide) groups is 1. The Morgan fingerprint density at radius 3 is 2.83 bits per heavy atom. The van der Waals surface area contributed by atoms with Crippen LogP contribution in [0, 0.1) is 0 Å². The highest BCUT2D eigenvalue weighted by atomic mass is 35.5. The van der Waals surface area contributed by atoms with Crippen LogP contribution in [0.2, 0.25) is 10.0 Å². The van der Waals surface area contributed by atoms with Gasteiger partial charge < -0.3 is 5.32 Å². The molecule has 1 aliphatic heterocycles. The maximum atomic E-state index is 12.7. The zero-order valence-corrected chi connectivity index (χ0v) is 18.6. The molecule has 2 amide bonds. The van der Waals surface area contributed by atoms with Crippen molar-refractivity contribution in [3.05, 3.63) is 58.3 Å². The van der Waals surface area contributed by atoms with Crippen molar-refractivity contribution in [1.29, 1.82) is 0 Å². The Balaban J connectivity index is 1.81. The predicted octanol–water partition coefficient (Wildman–Crippen LogP) is 5.08. The number of thiocarbonyl (C=S) groups is 1. The van der Waals surface area contributed by atoms with Crippen molar-refractivity contribution in [3.63, 3.8) is 0 Å². The van der Waals surface area contributed by atoms with E-state index in [1.54, 1.807) is 36.8 Å². The summed E-state index contributed by atoms with van der Waals surface area (Å²) in [4.78, 5) is 16.7. The molecule has 2 heterocycles. The third-order valence-electron chi connectivity index (χ3n) is 4.02. The molecular formula is C18H17Cl2N5O2S2. The summed E-state index contributed by atoms with van der Waals surface area (Å²) in [7, 11) is 0. The second-order valence-electron chi connectivity index (χ2n) is 6.62. The molecule has 0 spiro atoms. The zero-order chi connectivity index (χ0) is 21.2. The number of rotatable bonds is 4. The minimum absolute atomic E-state index is 0.287. The molecule has 2 N–H and O–H groups in total. The first-order valence-electron chi connectivity index (χ1n) is 8.39. The lowest BCUT2D eigenvalue weighted by atomic mass is 10.1. The number of halogens is 2. The van der Waals surface area contributed by atoms with E-state index in [1.165, 1.54) is 22.8 Å². The van der Waals surface area contributed by atoms with Gasteiger partial charge in [0.25, 0.3) is 0 Å². The Bertz CT molecular complexity index is 959. The first-order chi connectivity index (χ1) is 13.7. The Hall–Kier alpha value is -1.91. The summed E-state index contributed by atoms with van der Waals surface area (Å²) >= 11 is 18.6. The lowest BCUT2D eigenvalue weighted by molar-refractivity contribution is -0.114. The van der Waals surface area contributed by atoms with E-state index in [0.29, 0.717) is 20.1 Å². The highest BCUT2D eigenvalue weighted by Crippen LogP contribution is 2.42. The van der Waals surface area contributed by atoms with Crippen LogP contribution in [0.15, 0.2) is 47.8 Å². The van der Waals surface area contributed by atoms with Crippen molar-refractivity contribution in [2.75, 3.05) is 5.32 Å². The van der Waals surface area contributed by atoms with E-state index in [1.807, 2.05) is 19.9 Å². The van der Waals surface area contributed by atoms with Crippen molar-refractivity contribution in [2.45, 2.75) is 24.8 Å². The summed E-state index contributed by atoms with van der Waals surface area (Å²) in [5.41, 5.74) is 1.15. The quantitative estimate of drug-likeness (QED) is 0.281. The zero-order valence-electron chi connectivity index (χ0n) is 15.4. The molecule has 152 valence electrons. The van der Waals surface area contributed by atoms with Crippen LogP contribution in [-0.2, 0) is 0 Å². The number of hydrogen-bond donors (Lipinski definition) is 2. The summed E-state index contributed by atoms with van der Waals surface area (Å²) in [6, 6.07) is 7.48. The largest absolute Gasteiger partial charge is 0.347 e. The van der Waals surface area contributed by atoms with Gasteiger partial charge >= 0.3 is 6.03 Å². The fraction of sp³-hybridized carbons (Fsp3) is 0.222. The SMILES string of the molecule is CC1(C)SC(=S)N(/N=C\c2cccnc2)[C@@H]1N(O)C(=O)Nc1ccc(Cl)c(Cl)c1. The van der Waals surface area contributed by atoms with Crippen LogP contribution in [0.1, 0.15) is 19.4 Å². The number of pyridine rings is 1. The minimum Gasteiger partial charge on any atom is -0.306 e. The molecule has 29 heavy (non-hydrogen) atoms. The van der Waals surface area contributed by atoms with E-state index >= 15 is 0 Å². The fourth-order valence-electron chi connectivity index (χ4n) is 2.67. The Morgan fingerprint density at radius 1 is 1.41 bits per heavy atom.